The van der Waals surface area contributed by atoms with E-state index in [0.717, 1.165) is 50.5 Å². The standard InChI is InChI=1S/C22H32N6O/c1-4-28-15(3)19(14(2)25-28)13-27-16-7-8-21(27)18-11-23-22(24-20(18)10-16)26-9-5-6-17(29)12-26/h11,16-17,21,29H,4-10,12-13H2,1-3H3. The third-order valence-electron chi connectivity index (χ3n) is 7.17. The van der Waals surface area contributed by atoms with Gasteiger partial charge >= 0.3 is 0 Å². The van der Waals surface area contributed by atoms with Crippen LogP contribution in [0.5, 0.6) is 0 Å². The quantitative estimate of drug-likeness (QED) is 0.856. The molecular weight excluding hydrogens is 364 g/mol. The van der Waals surface area contributed by atoms with Crippen molar-refractivity contribution in [3.8, 4) is 0 Å². The number of anilines is 1. The number of aliphatic hydroxyl groups excluding tert-OH is 1. The van der Waals surface area contributed by atoms with E-state index in [2.05, 4.69) is 41.4 Å². The third-order valence-corrected chi connectivity index (χ3v) is 7.17. The normalized spacial score (nSPS) is 26.8. The van der Waals surface area contributed by atoms with Crippen LogP contribution in [-0.2, 0) is 19.5 Å². The van der Waals surface area contributed by atoms with Crippen molar-refractivity contribution in [2.75, 3.05) is 18.0 Å². The number of fused-ring (bicyclic) bond motifs is 4. The second kappa shape index (κ2) is 7.36. The molecule has 0 aromatic carbocycles. The van der Waals surface area contributed by atoms with Gasteiger partial charge in [0.1, 0.15) is 0 Å². The molecule has 1 N–H and O–H groups in total. The molecular formula is C22H32N6O. The van der Waals surface area contributed by atoms with Gasteiger partial charge in [-0.2, -0.15) is 5.10 Å². The summed E-state index contributed by atoms with van der Waals surface area (Å²) in [5, 5.41) is 14.7. The fourth-order valence-corrected chi connectivity index (χ4v) is 5.55. The van der Waals surface area contributed by atoms with E-state index in [1.54, 1.807) is 0 Å². The Labute approximate surface area is 172 Å². The minimum atomic E-state index is -0.259. The Morgan fingerprint density at radius 2 is 2.07 bits per heavy atom. The van der Waals surface area contributed by atoms with Gasteiger partial charge in [-0.05, 0) is 46.5 Å². The van der Waals surface area contributed by atoms with Gasteiger partial charge in [-0.3, -0.25) is 9.58 Å². The molecule has 2 saturated heterocycles. The van der Waals surface area contributed by atoms with Gasteiger partial charge in [-0.25, -0.2) is 9.97 Å². The van der Waals surface area contributed by atoms with Gasteiger partial charge < -0.3 is 10.0 Å². The van der Waals surface area contributed by atoms with E-state index in [4.69, 9.17) is 15.1 Å². The summed E-state index contributed by atoms with van der Waals surface area (Å²) in [6, 6.07) is 0.958. The Morgan fingerprint density at radius 3 is 2.83 bits per heavy atom. The van der Waals surface area contributed by atoms with Gasteiger partial charge in [0.2, 0.25) is 5.95 Å². The van der Waals surface area contributed by atoms with Crippen LogP contribution in [0.1, 0.15) is 66.9 Å². The van der Waals surface area contributed by atoms with Crippen molar-refractivity contribution in [1.29, 1.82) is 0 Å². The summed E-state index contributed by atoms with van der Waals surface area (Å²) in [6.45, 7) is 9.96. The summed E-state index contributed by atoms with van der Waals surface area (Å²) in [7, 11) is 0. The predicted octanol–water partition coefficient (Wildman–Crippen LogP) is 2.53. The van der Waals surface area contributed by atoms with Crippen molar-refractivity contribution in [3.63, 3.8) is 0 Å². The topological polar surface area (TPSA) is 70.3 Å². The molecule has 0 aliphatic carbocycles. The summed E-state index contributed by atoms with van der Waals surface area (Å²) < 4.78 is 2.12. The van der Waals surface area contributed by atoms with Crippen LogP contribution in [0.3, 0.4) is 0 Å². The van der Waals surface area contributed by atoms with Crippen LogP contribution in [0, 0.1) is 13.8 Å². The van der Waals surface area contributed by atoms with Crippen LogP contribution in [0.4, 0.5) is 5.95 Å². The molecule has 0 saturated carbocycles. The zero-order valence-corrected chi connectivity index (χ0v) is 17.8. The number of piperidine rings is 1. The van der Waals surface area contributed by atoms with Crippen molar-refractivity contribution in [3.05, 3.63) is 34.4 Å². The second-order valence-electron chi connectivity index (χ2n) is 8.90. The number of nitrogens with zero attached hydrogens (tertiary/aromatic N) is 6. The maximum absolute atomic E-state index is 10.0. The fourth-order valence-electron chi connectivity index (χ4n) is 5.55. The van der Waals surface area contributed by atoms with Crippen LogP contribution in [0.15, 0.2) is 6.20 Å². The monoisotopic (exact) mass is 396 g/mol. The molecule has 0 amide bonds. The highest BCUT2D eigenvalue weighted by Crippen LogP contribution is 2.44. The molecule has 2 aromatic rings. The van der Waals surface area contributed by atoms with E-state index in [9.17, 15) is 5.11 Å². The molecule has 2 bridgehead atoms. The first-order valence-electron chi connectivity index (χ1n) is 11.1. The Bertz CT molecular complexity index is 909. The third kappa shape index (κ3) is 3.24. The van der Waals surface area contributed by atoms with Crippen molar-refractivity contribution < 1.29 is 5.11 Å². The first-order chi connectivity index (χ1) is 14.0. The Balaban J connectivity index is 1.40. The number of rotatable bonds is 4. The van der Waals surface area contributed by atoms with Gasteiger partial charge in [-0.1, -0.05) is 0 Å². The first-order valence-corrected chi connectivity index (χ1v) is 11.1. The van der Waals surface area contributed by atoms with Crippen molar-refractivity contribution in [2.24, 2.45) is 0 Å². The van der Waals surface area contributed by atoms with Gasteiger partial charge in [-0.15, -0.1) is 0 Å². The molecule has 5 rings (SSSR count). The maximum atomic E-state index is 10.0. The minimum Gasteiger partial charge on any atom is -0.391 e. The fraction of sp³-hybridized carbons (Fsp3) is 0.682. The Morgan fingerprint density at radius 1 is 1.21 bits per heavy atom. The van der Waals surface area contributed by atoms with E-state index in [0.29, 0.717) is 18.6 Å². The smallest absolute Gasteiger partial charge is 0.225 e. The lowest BCUT2D eigenvalue weighted by molar-refractivity contribution is 0.153. The van der Waals surface area contributed by atoms with Crippen molar-refractivity contribution in [2.45, 2.75) is 84.2 Å². The van der Waals surface area contributed by atoms with Gasteiger partial charge in [0.05, 0.1) is 17.5 Å². The molecule has 5 heterocycles. The average molecular weight is 397 g/mol. The highest BCUT2D eigenvalue weighted by molar-refractivity contribution is 5.38. The summed E-state index contributed by atoms with van der Waals surface area (Å²) in [5.74, 6) is 0.797. The second-order valence-corrected chi connectivity index (χ2v) is 8.90. The largest absolute Gasteiger partial charge is 0.391 e. The average Bonchev–Trinajstić information content (AvgIpc) is 3.16. The number of β-amino-alcohol motifs (C(OH)–C–C–N with tert-alkyl or cyclic N) is 1. The lowest BCUT2D eigenvalue weighted by atomic mass is 9.98. The molecule has 0 spiro atoms. The zero-order chi connectivity index (χ0) is 20.1. The lowest BCUT2D eigenvalue weighted by Crippen LogP contribution is -2.41. The summed E-state index contributed by atoms with van der Waals surface area (Å²) in [5.41, 5.74) is 6.36. The zero-order valence-electron chi connectivity index (χ0n) is 17.8. The molecule has 3 aliphatic heterocycles. The lowest BCUT2D eigenvalue weighted by Gasteiger charge is -2.36. The van der Waals surface area contributed by atoms with Crippen molar-refractivity contribution in [1.82, 2.24) is 24.6 Å². The Kier molecular flexibility index (Phi) is 4.82. The van der Waals surface area contributed by atoms with Crippen LogP contribution >= 0.6 is 0 Å². The van der Waals surface area contributed by atoms with Gasteiger partial charge in [0.25, 0.3) is 0 Å². The van der Waals surface area contributed by atoms with E-state index in [1.165, 1.54) is 35.4 Å². The molecule has 156 valence electrons. The van der Waals surface area contributed by atoms with Crippen LogP contribution in [0.25, 0.3) is 0 Å². The molecule has 7 heteroatoms. The summed E-state index contributed by atoms with van der Waals surface area (Å²) in [6.07, 6.45) is 7.09. The molecule has 3 atom stereocenters. The number of aromatic nitrogens is 4. The van der Waals surface area contributed by atoms with Crippen LogP contribution in [-0.4, -0.2) is 55.0 Å². The molecule has 0 radical (unpaired) electrons. The minimum absolute atomic E-state index is 0.259. The van der Waals surface area contributed by atoms with E-state index in [1.807, 2.05) is 0 Å². The van der Waals surface area contributed by atoms with Crippen LogP contribution < -0.4 is 4.90 Å². The van der Waals surface area contributed by atoms with Gasteiger partial charge in [0, 0.05) is 67.7 Å². The number of aryl methyl sites for hydroxylation is 2. The van der Waals surface area contributed by atoms with E-state index in [-0.39, 0.29) is 6.10 Å². The molecule has 7 nitrogen and oxygen atoms in total. The highest BCUT2D eigenvalue weighted by Gasteiger charge is 2.41. The molecule has 29 heavy (non-hydrogen) atoms. The van der Waals surface area contributed by atoms with Crippen molar-refractivity contribution >= 4 is 5.95 Å². The maximum Gasteiger partial charge on any atom is 0.225 e. The number of hydrogen-bond acceptors (Lipinski definition) is 6. The first kappa shape index (κ1) is 19.0. The summed E-state index contributed by atoms with van der Waals surface area (Å²) in [4.78, 5) is 14.5. The van der Waals surface area contributed by atoms with E-state index >= 15 is 0 Å². The van der Waals surface area contributed by atoms with Crippen LogP contribution in [0.2, 0.25) is 0 Å². The predicted molar refractivity (Wildman–Crippen MR) is 112 cm³/mol. The number of hydrogen-bond donors (Lipinski definition) is 1. The van der Waals surface area contributed by atoms with E-state index < -0.39 is 0 Å². The molecule has 2 fully saturated rings. The van der Waals surface area contributed by atoms with Gasteiger partial charge in [0.15, 0.2) is 0 Å². The SMILES string of the molecule is CCn1nc(C)c(CN2C3CCC2c2cnc(N4CCCC(O)C4)nc2C3)c1C. The highest BCUT2D eigenvalue weighted by atomic mass is 16.3. The molecule has 3 unspecified atom stereocenters. The Hall–Kier alpha value is -1.99. The molecule has 2 aromatic heterocycles. The molecule has 3 aliphatic rings. The number of aliphatic hydroxyl groups is 1. The summed E-state index contributed by atoms with van der Waals surface area (Å²) >= 11 is 0.